The number of hydrogen-bond acceptors (Lipinski definition) is 3. The van der Waals surface area contributed by atoms with Crippen molar-refractivity contribution in [3.63, 3.8) is 0 Å². The zero-order valence-electron chi connectivity index (χ0n) is 15.2. The predicted octanol–water partition coefficient (Wildman–Crippen LogP) is 3.49. The molecule has 0 amide bonds. The average molecular weight is 401 g/mol. The molecule has 0 bridgehead atoms. The van der Waals surface area contributed by atoms with Crippen LogP contribution in [0.15, 0.2) is 0 Å². The van der Waals surface area contributed by atoms with Crippen molar-refractivity contribution in [1.82, 2.24) is 0 Å². The van der Waals surface area contributed by atoms with Gasteiger partial charge in [0.2, 0.25) is 0 Å². The quantitative estimate of drug-likeness (QED) is 0.545. The maximum Gasteiger partial charge on any atom is 0.0727 e. The van der Waals surface area contributed by atoms with Crippen LogP contribution in [0.4, 0.5) is 0 Å². The molecular weight excluding hydrogens is 368 g/mol. The highest BCUT2D eigenvalue weighted by Crippen LogP contribution is 2.70. The van der Waals surface area contributed by atoms with Crippen LogP contribution in [0.25, 0.3) is 0 Å². The molecule has 4 aliphatic carbocycles. The van der Waals surface area contributed by atoms with Gasteiger partial charge in [0.1, 0.15) is 0 Å². The molecule has 4 rings (SSSR count). The van der Waals surface area contributed by atoms with Gasteiger partial charge in [0, 0.05) is 0 Å². The Hall–Kier alpha value is 0.360. The van der Waals surface area contributed by atoms with Gasteiger partial charge in [-0.15, -0.1) is 0 Å². The number of rotatable bonds is 0. The number of hydrogen-bond donors (Lipinski definition) is 3. The third-order valence-electron chi connectivity index (χ3n) is 9.15. The van der Waals surface area contributed by atoms with Gasteiger partial charge in [-0.05, 0) is 79.4 Å². The summed E-state index contributed by atoms with van der Waals surface area (Å²) in [6.07, 6.45) is 5.83. The third-order valence-corrected chi connectivity index (χ3v) is 10.9. The molecule has 0 heterocycles. The Bertz CT molecular complexity index is 527. The molecule has 0 radical (unpaired) electrons. The van der Waals surface area contributed by atoms with E-state index in [9.17, 15) is 15.3 Å². The molecule has 24 heavy (non-hydrogen) atoms. The summed E-state index contributed by atoms with van der Waals surface area (Å²) in [7, 11) is 0. The lowest BCUT2D eigenvalue weighted by Crippen LogP contribution is -2.68. The SMILES string of the molecule is C[C@H]1[C@H]2[C@@H]3CC[C@H](O)[C@@]3(C)CC[C@@H]2[C@@]2(C)CC[C@H](O)C[C@]2(Br)[C@@H]1O. The van der Waals surface area contributed by atoms with Crippen LogP contribution in [0, 0.1) is 34.5 Å². The van der Waals surface area contributed by atoms with E-state index in [0.717, 1.165) is 38.5 Å². The maximum atomic E-state index is 11.3. The summed E-state index contributed by atoms with van der Waals surface area (Å²) in [5.74, 6) is 1.80. The molecule has 0 saturated heterocycles. The molecule has 138 valence electrons. The predicted molar refractivity (Wildman–Crippen MR) is 97.8 cm³/mol. The first kappa shape index (κ1) is 17.8. The van der Waals surface area contributed by atoms with Gasteiger partial charge in [-0.25, -0.2) is 0 Å². The summed E-state index contributed by atoms with van der Waals surface area (Å²) in [5.41, 5.74) is 0.0592. The summed E-state index contributed by atoms with van der Waals surface area (Å²) in [6.45, 7) is 6.85. The molecule has 4 heteroatoms. The van der Waals surface area contributed by atoms with Crippen LogP contribution in [0.2, 0.25) is 0 Å². The fraction of sp³-hybridized carbons (Fsp3) is 1.00. The lowest BCUT2D eigenvalue weighted by molar-refractivity contribution is -0.183. The fourth-order valence-electron chi connectivity index (χ4n) is 7.58. The van der Waals surface area contributed by atoms with Crippen molar-refractivity contribution in [1.29, 1.82) is 0 Å². The first-order valence-corrected chi connectivity index (χ1v) is 10.7. The second-order valence-electron chi connectivity index (χ2n) is 9.91. The fourth-order valence-corrected chi connectivity index (χ4v) is 8.86. The third kappa shape index (κ3) is 2.00. The van der Waals surface area contributed by atoms with Crippen molar-refractivity contribution in [2.75, 3.05) is 0 Å². The Morgan fingerprint density at radius 3 is 2.33 bits per heavy atom. The zero-order chi connectivity index (χ0) is 17.5. The maximum absolute atomic E-state index is 11.3. The molecule has 0 aliphatic heterocycles. The van der Waals surface area contributed by atoms with Gasteiger partial charge in [0.05, 0.1) is 22.6 Å². The van der Waals surface area contributed by atoms with Crippen molar-refractivity contribution in [2.45, 2.75) is 88.4 Å². The molecule has 0 unspecified atom stereocenters. The highest BCUT2D eigenvalue weighted by molar-refractivity contribution is 9.10. The normalized spacial score (nSPS) is 63.4. The molecule has 4 aliphatic rings. The molecule has 3 nitrogen and oxygen atoms in total. The summed E-state index contributed by atoms with van der Waals surface area (Å²) in [6, 6.07) is 0. The van der Waals surface area contributed by atoms with Gasteiger partial charge < -0.3 is 15.3 Å². The Kier molecular flexibility index (Phi) is 4.02. The van der Waals surface area contributed by atoms with Crippen molar-refractivity contribution in [3.05, 3.63) is 0 Å². The summed E-state index contributed by atoms with van der Waals surface area (Å²) < 4.78 is -0.372. The monoisotopic (exact) mass is 400 g/mol. The smallest absolute Gasteiger partial charge is 0.0727 e. The van der Waals surface area contributed by atoms with Gasteiger partial charge in [-0.2, -0.15) is 0 Å². The molecular formula is C20H33BrO3. The van der Waals surface area contributed by atoms with E-state index in [1.54, 1.807) is 0 Å². The Morgan fingerprint density at radius 1 is 0.917 bits per heavy atom. The van der Waals surface area contributed by atoms with Crippen LogP contribution in [0.3, 0.4) is 0 Å². The van der Waals surface area contributed by atoms with E-state index >= 15 is 0 Å². The summed E-state index contributed by atoms with van der Waals surface area (Å²) in [4.78, 5) is 0. The molecule has 0 aromatic heterocycles. The topological polar surface area (TPSA) is 60.7 Å². The van der Waals surface area contributed by atoms with Crippen LogP contribution in [-0.2, 0) is 0 Å². The van der Waals surface area contributed by atoms with Crippen molar-refractivity contribution >= 4 is 15.9 Å². The van der Waals surface area contributed by atoms with Crippen LogP contribution >= 0.6 is 15.9 Å². The molecule has 0 aromatic rings. The van der Waals surface area contributed by atoms with E-state index in [4.69, 9.17) is 0 Å². The number of aliphatic hydroxyl groups excluding tert-OH is 3. The molecule has 0 spiro atoms. The van der Waals surface area contributed by atoms with Gasteiger partial charge in [-0.3, -0.25) is 0 Å². The van der Waals surface area contributed by atoms with Gasteiger partial charge in [0.25, 0.3) is 0 Å². The Balaban J connectivity index is 1.76. The van der Waals surface area contributed by atoms with Crippen molar-refractivity contribution in [3.8, 4) is 0 Å². The number of aliphatic hydroxyl groups is 3. The highest BCUT2D eigenvalue weighted by Gasteiger charge is 2.68. The van der Waals surface area contributed by atoms with E-state index in [-0.39, 0.29) is 33.3 Å². The van der Waals surface area contributed by atoms with Crippen molar-refractivity contribution < 1.29 is 15.3 Å². The molecule has 3 N–H and O–H groups in total. The first-order valence-electron chi connectivity index (χ1n) is 9.88. The minimum absolute atomic E-state index is 0.0255. The second kappa shape index (κ2) is 5.43. The minimum atomic E-state index is -0.432. The summed E-state index contributed by atoms with van der Waals surface area (Å²) >= 11 is 3.98. The Morgan fingerprint density at radius 2 is 1.62 bits per heavy atom. The van der Waals surface area contributed by atoms with E-state index in [1.807, 2.05) is 0 Å². The number of alkyl halides is 1. The van der Waals surface area contributed by atoms with Crippen LogP contribution in [-0.4, -0.2) is 38.0 Å². The van der Waals surface area contributed by atoms with E-state index in [0.29, 0.717) is 24.2 Å². The number of halogens is 1. The Labute approximate surface area is 154 Å². The first-order chi connectivity index (χ1) is 11.1. The van der Waals surface area contributed by atoms with E-state index < -0.39 is 6.10 Å². The van der Waals surface area contributed by atoms with Gasteiger partial charge in [-0.1, -0.05) is 36.7 Å². The molecule has 10 atom stereocenters. The standard InChI is InChI=1S/C20H33BrO3/c1-11-16-13-4-5-15(23)18(13,2)8-7-14(16)19(3)9-6-12(22)10-20(19,21)17(11)24/h11-17,22-24H,4-10H2,1-3H3/t11-,12-,13-,14-,15-,16-,17+,18-,19+,20-/m0/s1. The lowest BCUT2D eigenvalue weighted by Gasteiger charge is -2.67. The lowest BCUT2D eigenvalue weighted by atomic mass is 9.42. The van der Waals surface area contributed by atoms with Gasteiger partial charge >= 0.3 is 0 Å². The van der Waals surface area contributed by atoms with Crippen LogP contribution in [0.1, 0.15) is 65.7 Å². The minimum Gasteiger partial charge on any atom is -0.393 e. The van der Waals surface area contributed by atoms with Gasteiger partial charge in [0.15, 0.2) is 0 Å². The average Bonchev–Trinajstić information content (AvgIpc) is 2.83. The molecule has 4 saturated carbocycles. The van der Waals surface area contributed by atoms with E-state index in [1.165, 1.54) is 0 Å². The van der Waals surface area contributed by atoms with Crippen LogP contribution in [0.5, 0.6) is 0 Å². The highest BCUT2D eigenvalue weighted by atomic mass is 79.9. The summed E-state index contributed by atoms with van der Waals surface area (Å²) in [5, 5.41) is 32.2. The van der Waals surface area contributed by atoms with E-state index in [2.05, 4.69) is 36.7 Å². The van der Waals surface area contributed by atoms with Crippen LogP contribution < -0.4 is 0 Å². The number of fused-ring (bicyclic) bond motifs is 5. The largest absolute Gasteiger partial charge is 0.393 e. The molecule has 4 fully saturated rings. The van der Waals surface area contributed by atoms with Crippen molar-refractivity contribution in [2.24, 2.45) is 34.5 Å². The zero-order valence-corrected chi connectivity index (χ0v) is 16.8. The second-order valence-corrected chi connectivity index (χ2v) is 11.3. The molecule has 0 aromatic carbocycles.